The molecule has 1 heterocycles. The lowest BCUT2D eigenvalue weighted by Crippen LogP contribution is -2.50. The van der Waals surface area contributed by atoms with Crippen molar-refractivity contribution in [3.63, 3.8) is 0 Å². The molecule has 0 aromatic heterocycles. The quantitative estimate of drug-likeness (QED) is 0.605. The molecule has 0 spiro atoms. The Morgan fingerprint density at radius 3 is 2.62 bits per heavy atom. The van der Waals surface area contributed by atoms with Crippen LogP contribution in [0.4, 0.5) is 4.39 Å². The van der Waals surface area contributed by atoms with Crippen LogP contribution in [0.1, 0.15) is 44.1 Å². The third-order valence-electron chi connectivity index (χ3n) is 5.66. The van der Waals surface area contributed by atoms with Gasteiger partial charge < -0.3 is 15.5 Å². The van der Waals surface area contributed by atoms with Gasteiger partial charge in [-0.2, -0.15) is 0 Å². The number of halogens is 2. The maximum Gasteiger partial charge on any atom is 0.191 e. The second-order valence-corrected chi connectivity index (χ2v) is 7.75. The summed E-state index contributed by atoms with van der Waals surface area (Å²) in [6.07, 6.45) is 8.37. The number of nitrogens with zero attached hydrogens (tertiary/aromatic N) is 2. The zero-order valence-electron chi connectivity index (χ0n) is 15.6. The van der Waals surface area contributed by atoms with Crippen LogP contribution in [-0.2, 0) is 6.42 Å². The van der Waals surface area contributed by atoms with E-state index >= 15 is 0 Å². The van der Waals surface area contributed by atoms with Gasteiger partial charge in [0.05, 0.1) is 0 Å². The van der Waals surface area contributed by atoms with Gasteiger partial charge in [-0.05, 0) is 44.2 Å². The number of hydrogen-bond acceptors (Lipinski definition) is 2. The van der Waals surface area contributed by atoms with Crippen molar-refractivity contribution in [3.05, 3.63) is 34.6 Å². The Labute approximate surface area is 161 Å². The van der Waals surface area contributed by atoms with Crippen molar-refractivity contribution < 1.29 is 4.39 Å². The molecule has 3 rings (SSSR count). The van der Waals surface area contributed by atoms with Crippen LogP contribution in [0.2, 0.25) is 5.02 Å². The molecule has 2 aliphatic rings. The van der Waals surface area contributed by atoms with Gasteiger partial charge >= 0.3 is 0 Å². The van der Waals surface area contributed by atoms with Gasteiger partial charge in [0.25, 0.3) is 0 Å². The summed E-state index contributed by atoms with van der Waals surface area (Å²) in [6, 6.07) is 6.08. The lowest BCUT2D eigenvalue weighted by atomic mass is 10.0. The van der Waals surface area contributed by atoms with E-state index < -0.39 is 0 Å². The standard InChI is InChI=1S/C20H30ClFN4/c1-23-20(24-12-9-17-18(21)7-4-8-19(17)22)25-15-10-13-26(14-11-15)16-5-2-3-6-16/h4,7-8,15-16H,2-3,5-6,9-14H2,1H3,(H2,23,24,25). The fraction of sp³-hybridized carbons (Fsp3) is 0.650. The summed E-state index contributed by atoms with van der Waals surface area (Å²) in [5, 5.41) is 7.28. The smallest absolute Gasteiger partial charge is 0.191 e. The van der Waals surface area contributed by atoms with Crippen LogP contribution in [-0.4, -0.2) is 49.6 Å². The summed E-state index contributed by atoms with van der Waals surface area (Å²) in [4.78, 5) is 6.98. The Morgan fingerprint density at radius 2 is 1.96 bits per heavy atom. The number of hydrogen-bond donors (Lipinski definition) is 2. The molecule has 0 atom stereocenters. The largest absolute Gasteiger partial charge is 0.356 e. The highest BCUT2D eigenvalue weighted by atomic mass is 35.5. The van der Waals surface area contributed by atoms with E-state index in [0.29, 0.717) is 29.6 Å². The lowest BCUT2D eigenvalue weighted by Gasteiger charge is -2.36. The van der Waals surface area contributed by atoms with E-state index in [2.05, 4.69) is 20.5 Å². The van der Waals surface area contributed by atoms with Crippen LogP contribution in [0.3, 0.4) is 0 Å². The third-order valence-corrected chi connectivity index (χ3v) is 6.02. The molecule has 26 heavy (non-hydrogen) atoms. The Bertz CT molecular complexity index is 588. The van der Waals surface area contributed by atoms with E-state index in [1.807, 2.05) is 0 Å². The molecule has 0 amide bonds. The van der Waals surface area contributed by atoms with Crippen molar-refractivity contribution in [3.8, 4) is 0 Å². The molecule has 1 aliphatic carbocycles. The van der Waals surface area contributed by atoms with Crippen molar-refractivity contribution in [2.24, 2.45) is 4.99 Å². The number of piperidine rings is 1. The van der Waals surface area contributed by atoms with Crippen LogP contribution in [0, 0.1) is 5.82 Å². The summed E-state index contributed by atoms with van der Waals surface area (Å²) >= 11 is 6.08. The highest BCUT2D eigenvalue weighted by Crippen LogP contribution is 2.26. The zero-order chi connectivity index (χ0) is 18.4. The summed E-state index contributed by atoms with van der Waals surface area (Å²) in [5.74, 6) is 0.540. The molecule has 0 unspecified atom stereocenters. The van der Waals surface area contributed by atoms with Crippen LogP contribution < -0.4 is 10.6 Å². The minimum Gasteiger partial charge on any atom is -0.356 e. The second-order valence-electron chi connectivity index (χ2n) is 7.34. The molecule has 1 saturated heterocycles. The Balaban J connectivity index is 1.41. The van der Waals surface area contributed by atoms with Gasteiger partial charge in [0.15, 0.2) is 5.96 Å². The Hall–Kier alpha value is -1.33. The Kier molecular flexibility index (Phi) is 7.15. The van der Waals surface area contributed by atoms with Crippen LogP contribution in [0.5, 0.6) is 0 Å². The van der Waals surface area contributed by atoms with Crippen molar-refractivity contribution >= 4 is 17.6 Å². The molecule has 1 aliphatic heterocycles. The van der Waals surface area contributed by atoms with Gasteiger partial charge in [-0.25, -0.2) is 4.39 Å². The molecule has 0 radical (unpaired) electrons. The van der Waals surface area contributed by atoms with Gasteiger partial charge in [0.2, 0.25) is 0 Å². The first-order valence-electron chi connectivity index (χ1n) is 9.81. The maximum absolute atomic E-state index is 13.8. The predicted molar refractivity (Wildman–Crippen MR) is 106 cm³/mol. The molecule has 1 aromatic carbocycles. The highest BCUT2D eigenvalue weighted by Gasteiger charge is 2.27. The molecule has 144 valence electrons. The van der Waals surface area contributed by atoms with Crippen molar-refractivity contribution in [1.82, 2.24) is 15.5 Å². The number of rotatable bonds is 5. The van der Waals surface area contributed by atoms with Gasteiger partial charge in [0.1, 0.15) is 5.82 Å². The average Bonchev–Trinajstić information content (AvgIpc) is 3.18. The number of guanidine groups is 1. The van der Waals surface area contributed by atoms with E-state index in [1.54, 1.807) is 19.2 Å². The van der Waals surface area contributed by atoms with E-state index in [9.17, 15) is 4.39 Å². The van der Waals surface area contributed by atoms with Crippen LogP contribution >= 0.6 is 11.6 Å². The van der Waals surface area contributed by atoms with Crippen LogP contribution in [0.15, 0.2) is 23.2 Å². The molecule has 2 fully saturated rings. The maximum atomic E-state index is 13.8. The highest BCUT2D eigenvalue weighted by molar-refractivity contribution is 6.31. The van der Waals surface area contributed by atoms with Gasteiger partial charge in [0, 0.05) is 49.4 Å². The minimum absolute atomic E-state index is 0.249. The number of aliphatic imine (C=N–C) groups is 1. The molecular formula is C20H30ClFN4. The van der Waals surface area contributed by atoms with Gasteiger partial charge in [-0.1, -0.05) is 30.5 Å². The molecule has 0 bridgehead atoms. The summed E-state index contributed by atoms with van der Waals surface area (Å²) in [6.45, 7) is 2.94. The predicted octanol–water partition coefficient (Wildman–Crippen LogP) is 3.59. The molecular weight excluding hydrogens is 351 g/mol. The molecule has 1 aromatic rings. The lowest BCUT2D eigenvalue weighted by molar-refractivity contribution is 0.150. The molecule has 2 N–H and O–H groups in total. The number of nitrogens with one attached hydrogen (secondary N) is 2. The first-order chi connectivity index (χ1) is 12.7. The monoisotopic (exact) mass is 380 g/mol. The summed E-state index contributed by atoms with van der Waals surface area (Å²) in [7, 11) is 1.78. The summed E-state index contributed by atoms with van der Waals surface area (Å²) < 4.78 is 13.8. The minimum atomic E-state index is -0.249. The molecule has 1 saturated carbocycles. The van der Waals surface area contributed by atoms with Gasteiger partial charge in [-0.3, -0.25) is 4.99 Å². The summed E-state index contributed by atoms with van der Waals surface area (Å²) in [5.41, 5.74) is 0.557. The second kappa shape index (κ2) is 9.56. The van der Waals surface area contributed by atoms with E-state index in [1.165, 1.54) is 44.8 Å². The Morgan fingerprint density at radius 1 is 1.23 bits per heavy atom. The normalized spacial score (nSPS) is 20.5. The van der Waals surface area contributed by atoms with Crippen molar-refractivity contribution in [2.45, 2.75) is 57.0 Å². The van der Waals surface area contributed by atoms with E-state index in [-0.39, 0.29) is 5.82 Å². The average molecular weight is 381 g/mol. The van der Waals surface area contributed by atoms with E-state index in [4.69, 9.17) is 11.6 Å². The molecule has 6 heteroatoms. The third kappa shape index (κ3) is 5.10. The first kappa shape index (κ1) is 19.4. The van der Waals surface area contributed by atoms with E-state index in [0.717, 1.165) is 24.8 Å². The fourth-order valence-electron chi connectivity index (χ4n) is 4.14. The van der Waals surface area contributed by atoms with Crippen molar-refractivity contribution in [2.75, 3.05) is 26.7 Å². The SMILES string of the molecule is CN=C(NCCc1c(F)cccc1Cl)NC1CCN(C2CCCC2)CC1. The van der Waals surface area contributed by atoms with Crippen molar-refractivity contribution in [1.29, 1.82) is 0 Å². The fourth-order valence-corrected chi connectivity index (χ4v) is 4.40. The van der Waals surface area contributed by atoms with Crippen LogP contribution in [0.25, 0.3) is 0 Å². The molecule has 4 nitrogen and oxygen atoms in total. The number of benzene rings is 1. The first-order valence-corrected chi connectivity index (χ1v) is 10.2. The number of likely N-dealkylation sites (tertiary alicyclic amines) is 1. The van der Waals surface area contributed by atoms with Gasteiger partial charge in [-0.15, -0.1) is 0 Å². The topological polar surface area (TPSA) is 39.7 Å². The zero-order valence-corrected chi connectivity index (χ0v) is 16.4.